The summed E-state index contributed by atoms with van der Waals surface area (Å²) in [4.78, 5) is 39.7. The molecule has 3 rings (SSSR count). The second-order valence-corrected chi connectivity index (χ2v) is 7.88. The Bertz CT molecular complexity index is 799. The first-order chi connectivity index (χ1) is 15.0. The summed E-state index contributed by atoms with van der Waals surface area (Å²) >= 11 is 0. The first-order valence-electron chi connectivity index (χ1n) is 10.7. The number of nitrogens with zero attached hydrogens (tertiary/aromatic N) is 2. The number of hydrogen-bond acceptors (Lipinski definition) is 6. The van der Waals surface area contributed by atoms with E-state index >= 15 is 0 Å². The maximum absolute atomic E-state index is 12.5. The zero-order chi connectivity index (χ0) is 22.2. The molecule has 31 heavy (non-hydrogen) atoms. The fourth-order valence-corrected chi connectivity index (χ4v) is 3.98. The average Bonchev–Trinajstić information content (AvgIpc) is 3.20. The second-order valence-electron chi connectivity index (χ2n) is 7.88. The molecule has 0 saturated carbocycles. The number of hydrogen-bond donors (Lipinski definition) is 1. The molecular weight excluding hydrogens is 402 g/mol. The Morgan fingerprint density at radius 3 is 2.77 bits per heavy atom. The summed E-state index contributed by atoms with van der Waals surface area (Å²) in [6.45, 7) is 2.57. The molecule has 0 aliphatic carbocycles. The number of piperidine rings is 1. The summed E-state index contributed by atoms with van der Waals surface area (Å²) in [5.41, 5.74) is 0.881. The van der Waals surface area contributed by atoms with Crippen molar-refractivity contribution in [3.8, 4) is 11.5 Å². The predicted molar refractivity (Wildman–Crippen MR) is 113 cm³/mol. The SMILES string of the molecule is COc1ccc(CNC(=O)CC[C@@H]2CCCN(C(=O)CN3CCOC3=O)C2)c(OC)c1. The van der Waals surface area contributed by atoms with Gasteiger partial charge in [0.15, 0.2) is 0 Å². The van der Waals surface area contributed by atoms with Crippen molar-refractivity contribution in [1.82, 2.24) is 15.1 Å². The molecular formula is C22H31N3O6. The van der Waals surface area contributed by atoms with E-state index in [2.05, 4.69) is 5.32 Å². The van der Waals surface area contributed by atoms with Gasteiger partial charge < -0.3 is 24.4 Å². The quantitative estimate of drug-likeness (QED) is 0.638. The highest BCUT2D eigenvalue weighted by atomic mass is 16.6. The Labute approximate surface area is 182 Å². The lowest BCUT2D eigenvalue weighted by atomic mass is 9.93. The van der Waals surface area contributed by atoms with E-state index in [9.17, 15) is 14.4 Å². The van der Waals surface area contributed by atoms with Gasteiger partial charge in [-0.25, -0.2) is 4.79 Å². The number of carbonyl (C=O) groups excluding carboxylic acids is 3. The number of ether oxygens (including phenoxy) is 3. The molecule has 9 heteroatoms. The molecule has 1 atom stereocenters. The summed E-state index contributed by atoms with van der Waals surface area (Å²) in [6.07, 6.45) is 2.61. The van der Waals surface area contributed by atoms with Crippen molar-refractivity contribution in [1.29, 1.82) is 0 Å². The molecule has 170 valence electrons. The highest BCUT2D eigenvalue weighted by Crippen LogP contribution is 2.25. The van der Waals surface area contributed by atoms with E-state index in [1.807, 2.05) is 12.1 Å². The Morgan fingerprint density at radius 1 is 1.23 bits per heavy atom. The van der Waals surface area contributed by atoms with Crippen LogP contribution in [0.5, 0.6) is 11.5 Å². The number of nitrogens with one attached hydrogen (secondary N) is 1. The maximum atomic E-state index is 12.5. The molecule has 0 unspecified atom stereocenters. The van der Waals surface area contributed by atoms with E-state index in [0.29, 0.717) is 50.7 Å². The number of methoxy groups -OCH3 is 2. The summed E-state index contributed by atoms with van der Waals surface area (Å²) in [6, 6.07) is 5.50. The summed E-state index contributed by atoms with van der Waals surface area (Å²) in [7, 11) is 3.18. The highest BCUT2D eigenvalue weighted by molar-refractivity contribution is 5.83. The van der Waals surface area contributed by atoms with Crippen LogP contribution in [0.1, 0.15) is 31.2 Å². The van der Waals surface area contributed by atoms with Gasteiger partial charge in [0, 0.05) is 37.7 Å². The molecule has 9 nitrogen and oxygen atoms in total. The third-order valence-corrected chi connectivity index (χ3v) is 5.79. The molecule has 2 fully saturated rings. The van der Waals surface area contributed by atoms with E-state index in [1.54, 1.807) is 25.2 Å². The van der Waals surface area contributed by atoms with Crippen molar-refractivity contribution in [2.24, 2.45) is 5.92 Å². The zero-order valence-corrected chi connectivity index (χ0v) is 18.2. The van der Waals surface area contributed by atoms with Crippen molar-refractivity contribution in [3.05, 3.63) is 23.8 Å². The van der Waals surface area contributed by atoms with Crippen LogP contribution in [0, 0.1) is 5.92 Å². The molecule has 2 aliphatic heterocycles. The van der Waals surface area contributed by atoms with Crippen LogP contribution in [0.25, 0.3) is 0 Å². The monoisotopic (exact) mass is 433 g/mol. The third kappa shape index (κ3) is 6.26. The Balaban J connectivity index is 1.41. The van der Waals surface area contributed by atoms with Crippen LogP contribution in [0.2, 0.25) is 0 Å². The lowest BCUT2D eigenvalue weighted by Crippen LogP contribution is -2.45. The third-order valence-electron chi connectivity index (χ3n) is 5.79. The van der Waals surface area contributed by atoms with Crippen molar-refractivity contribution < 1.29 is 28.6 Å². The number of carbonyl (C=O) groups is 3. The first kappa shape index (κ1) is 22.7. The summed E-state index contributed by atoms with van der Waals surface area (Å²) in [5.74, 6) is 1.57. The van der Waals surface area contributed by atoms with Crippen LogP contribution in [0.15, 0.2) is 18.2 Å². The fraction of sp³-hybridized carbons (Fsp3) is 0.591. The minimum atomic E-state index is -0.424. The fourth-order valence-electron chi connectivity index (χ4n) is 3.98. The van der Waals surface area contributed by atoms with Gasteiger partial charge in [-0.3, -0.25) is 14.5 Å². The van der Waals surface area contributed by atoms with Crippen LogP contribution in [-0.2, 0) is 20.9 Å². The van der Waals surface area contributed by atoms with Crippen LogP contribution < -0.4 is 14.8 Å². The topological polar surface area (TPSA) is 97.4 Å². The molecule has 3 amide bonds. The number of benzene rings is 1. The van der Waals surface area contributed by atoms with Gasteiger partial charge in [-0.05, 0) is 37.3 Å². The predicted octanol–water partition coefficient (Wildman–Crippen LogP) is 1.79. The smallest absolute Gasteiger partial charge is 0.410 e. The highest BCUT2D eigenvalue weighted by Gasteiger charge is 2.29. The van der Waals surface area contributed by atoms with Gasteiger partial charge in [-0.2, -0.15) is 0 Å². The van der Waals surface area contributed by atoms with Crippen LogP contribution in [-0.4, -0.2) is 74.7 Å². The number of rotatable bonds is 9. The van der Waals surface area contributed by atoms with Gasteiger partial charge in [0.05, 0.1) is 20.8 Å². The first-order valence-corrected chi connectivity index (χ1v) is 10.7. The Kier molecular flexibility index (Phi) is 7.97. The normalized spacial score (nSPS) is 18.5. The largest absolute Gasteiger partial charge is 0.497 e. The van der Waals surface area contributed by atoms with Gasteiger partial charge in [-0.15, -0.1) is 0 Å². The summed E-state index contributed by atoms with van der Waals surface area (Å²) < 4.78 is 15.4. The van der Waals surface area contributed by atoms with E-state index in [1.165, 1.54) is 4.90 Å². The van der Waals surface area contributed by atoms with Crippen molar-refractivity contribution in [3.63, 3.8) is 0 Å². The lowest BCUT2D eigenvalue weighted by molar-refractivity contribution is -0.133. The minimum absolute atomic E-state index is 0.0267. The van der Waals surface area contributed by atoms with Crippen LogP contribution in [0.3, 0.4) is 0 Å². The van der Waals surface area contributed by atoms with E-state index in [-0.39, 0.29) is 24.3 Å². The maximum Gasteiger partial charge on any atom is 0.410 e. The molecule has 2 aliphatic rings. The van der Waals surface area contributed by atoms with Gasteiger partial charge in [0.2, 0.25) is 11.8 Å². The van der Waals surface area contributed by atoms with E-state index in [4.69, 9.17) is 14.2 Å². The van der Waals surface area contributed by atoms with Gasteiger partial charge in [0.25, 0.3) is 0 Å². The standard InChI is InChI=1S/C22H31N3O6/c1-29-18-7-6-17(19(12-18)30-2)13-23-20(26)8-5-16-4-3-9-24(14-16)21(27)15-25-10-11-31-22(25)28/h6-7,12,16H,3-5,8-11,13-15H2,1-2H3,(H,23,26)/t16-/m0/s1. The molecule has 0 bridgehead atoms. The molecule has 1 aromatic rings. The second kappa shape index (κ2) is 10.9. The number of cyclic esters (lactones) is 1. The Hall–Kier alpha value is -2.97. The summed E-state index contributed by atoms with van der Waals surface area (Å²) in [5, 5.41) is 2.94. The Morgan fingerprint density at radius 2 is 2.06 bits per heavy atom. The number of amides is 3. The number of likely N-dealkylation sites (tertiary alicyclic amines) is 1. The zero-order valence-electron chi connectivity index (χ0n) is 18.2. The van der Waals surface area contributed by atoms with E-state index < -0.39 is 6.09 Å². The molecule has 0 spiro atoms. The van der Waals surface area contributed by atoms with Crippen LogP contribution >= 0.6 is 0 Å². The van der Waals surface area contributed by atoms with Gasteiger partial charge in [0.1, 0.15) is 24.7 Å². The molecule has 1 N–H and O–H groups in total. The minimum Gasteiger partial charge on any atom is -0.497 e. The lowest BCUT2D eigenvalue weighted by Gasteiger charge is -2.33. The molecule has 0 aromatic heterocycles. The van der Waals surface area contributed by atoms with E-state index in [0.717, 1.165) is 24.8 Å². The van der Waals surface area contributed by atoms with Crippen molar-refractivity contribution in [2.75, 3.05) is 47.0 Å². The van der Waals surface area contributed by atoms with Crippen LogP contribution in [0.4, 0.5) is 4.79 Å². The average molecular weight is 434 g/mol. The molecule has 2 heterocycles. The molecule has 1 aromatic carbocycles. The van der Waals surface area contributed by atoms with Crippen molar-refractivity contribution >= 4 is 17.9 Å². The van der Waals surface area contributed by atoms with Crippen molar-refractivity contribution in [2.45, 2.75) is 32.2 Å². The van der Waals surface area contributed by atoms with Gasteiger partial charge >= 0.3 is 6.09 Å². The van der Waals surface area contributed by atoms with Gasteiger partial charge in [-0.1, -0.05) is 0 Å². The molecule has 0 radical (unpaired) electrons. The molecule has 2 saturated heterocycles.